The van der Waals surface area contributed by atoms with Gasteiger partial charge in [0.1, 0.15) is 17.3 Å². The quantitative estimate of drug-likeness (QED) is 0.611. The number of nitrogens with one attached hydrogen (secondary N) is 1. The fourth-order valence-electron chi connectivity index (χ4n) is 2.42. The summed E-state index contributed by atoms with van der Waals surface area (Å²) in [6.45, 7) is 0. The standard InChI is InChI=1S/C17H14N4OS/c1-22-14-5-3-13(4-6-14)19-16-15(12-7-10-23-11-12)20-17-18-8-2-9-21(16)17/h2-11,19H,1H3. The van der Waals surface area contributed by atoms with E-state index in [1.165, 1.54) is 0 Å². The molecular formula is C17H14N4OS. The van der Waals surface area contributed by atoms with Crippen molar-refractivity contribution >= 4 is 28.6 Å². The van der Waals surface area contributed by atoms with E-state index in [1.54, 1.807) is 24.6 Å². The highest BCUT2D eigenvalue weighted by Gasteiger charge is 2.15. The molecule has 1 N–H and O–H groups in total. The summed E-state index contributed by atoms with van der Waals surface area (Å²) >= 11 is 1.65. The van der Waals surface area contributed by atoms with Gasteiger partial charge in [0.15, 0.2) is 0 Å². The molecule has 0 aliphatic rings. The van der Waals surface area contributed by atoms with Gasteiger partial charge in [0, 0.05) is 29.0 Å². The van der Waals surface area contributed by atoms with Crippen LogP contribution in [0.15, 0.2) is 59.6 Å². The Morgan fingerprint density at radius 1 is 1.17 bits per heavy atom. The molecule has 114 valence electrons. The van der Waals surface area contributed by atoms with Crippen LogP contribution in [0.25, 0.3) is 17.0 Å². The minimum absolute atomic E-state index is 0.671. The first-order chi connectivity index (χ1) is 11.3. The lowest BCUT2D eigenvalue weighted by Gasteiger charge is -2.08. The van der Waals surface area contributed by atoms with E-state index >= 15 is 0 Å². The van der Waals surface area contributed by atoms with Gasteiger partial charge in [-0.2, -0.15) is 11.3 Å². The van der Waals surface area contributed by atoms with Crippen molar-refractivity contribution in [3.63, 3.8) is 0 Å². The first-order valence-electron chi connectivity index (χ1n) is 7.12. The van der Waals surface area contributed by atoms with E-state index in [2.05, 4.69) is 26.7 Å². The summed E-state index contributed by atoms with van der Waals surface area (Å²) in [6.07, 6.45) is 3.70. The van der Waals surface area contributed by atoms with Crippen molar-refractivity contribution in [1.82, 2.24) is 14.4 Å². The molecule has 0 atom stereocenters. The van der Waals surface area contributed by atoms with Crippen LogP contribution >= 0.6 is 11.3 Å². The topological polar surface area (TPSA) is 51.5 Å². The molecule has 0 saturated carbocycles. The molecule has 0 saturated heterocycles. The van der Waals surface area contributed by atoms with E-state index in [4.69, 9.17) is 4.74 Å². The minimum atomic E-state index is 0.671. The van der Waals surface area contributed by atoms with Crippen LogP contribution in [-0.4, -0.2) is 21.5 Å². The highest BCUT2D eigenvalue weighted by atomic mass is 32.1. The van der Waals surface area contributed by atoms with E-state index in [0.717, 1.165) is 28.5 Å². The first-order valence-corrected chi connectivity index (χ1v) is 8.06. The maximum Gasteiger partial charge on any atom is 0.235 e. The summed E-state index contributed by atoms with van der Waals surface area (Å²) < 4.78 is 7.16. The molecule has 0 radical (unpaired) electrons. The maximum absolute atomic E-state index is 5.20. The molecule has 23 heavy (non-hydrogen) atoms. The molecule has 0 aliphatic heterocycles. The Bertz CT molecular complexity index is 929. The summed E-state index contributed by atoms with van der Waals surface area (Å²) in [7, 11) is 1.66. The van der Waals surface area contributed by atoms with E-state index in [-0.39, 0.29) is 0 Å². The molecule has 0 bridgehead atoms. The third kappa shape index (κ3) is 2.53. The van der Waals surface area contributed by atoms with Gasteiger partial charge in [-0.15, -0.1) is 0 Å². The van der Waals surface area contributed by atoms with Gasteiger partial charge in [-0.3, -0.25) is 4.40 Å². The molecule has 4 rings (SSSR count). The number of anilines is 2. The van der Waals surface area contributed by atoms with Crippen LogP contribution in [0.2, 0.25) is 0 Å². The molecule has 6 heteroatoms. The lowest BCUT2D eigenvalue weighted by molar-refractivity contribution is 0.415. The summed E-state index contributed by atoms with van der Waals surface area (Å²) in [5.41, 5.74) is 2.94. The number of nitrogens with zero attached hydrogens (tertiary/aromatic N) is 3. The molecule has 0 unspecified atom stereocenters. The Labute approximate surface area is 137 Å². The number of hydrogen-bond acceptors (Lipinski definition) is 5. The number of aromatic nitrogens is 3. The summed E-state index contributed by atoms with van der Waals surface area (Å²) in [5, 5.41) is 7.57. The molecule has 3 heterocycles. The van der Waals surface area contributed by atoms with Crippen molar-refractivity contribution in [2.45, 2.75) is 0 Å². The number of thiophene rings is 1. The Morgan fingerprint density at radius 3 is 2.78 bits per heavy atom. The average Bonchev–Trinajstić information content (AvgIpc) is 3.24. The lowest BCUT2D eigenvalue weighted by atomic mass is 10.2. The monoisotopic (exact) mass is 322 g/mol. The SMILES string of the molecule is COc1ccc(Nc2c(-c3ccsc3)nc3ncccn23)cc1. The number of benzene rings is 1. The van der Waals surface area contributed by atoms with Gasteiger partial charge in [0.25, 0.3) is 0 Å². The van der Waals surface area contributed by atoms with Gasteiger partial charge in [-0.25, -0.2) is 9.97 Å². The molecule has 3 aromatic heterocycles. The third-order valence-corrected chi connectivity index (χ3v) is 4.23. The van der Waals surface area contributed by atoms with E-state index < -0.39 is 0 Å². The van der Waals surface area contributed by atoms with Crippen LogP contribution in [-0.2, 0) is 0 Å². The van der Waals surface area contributed by atoms with Gasteiger partial charge in [-0.05, 0) is 41.8 Å². The second-order valence-corrected chi connectivity index (χ2v) is 5.74. The summed E-state index contributed by atoms with van der Waals surface area (Å²) in [4.78, 5) is 8.99. The fourth-order valence-corrected chi connectivity index (χ4v) is 3.06. The van der Waals surface area contributed by atoms with Gasteiger partial charge < -0.3 is 10.1 Å². The number of hydrogen-bond donors (Lipinski definition) is 1. The minimum Gasteiger partial charge on any atom is -0.497 e. The lowest BCUT2D eigenvalue weighted by Crippen LogP contribution is -1.97. The molecule has 0 spiro atoms. The maximum atomic E-state index is 5.20. The van der Waals surface area contributed by atoms with Gasteiger partial charge in [0.05, 0.1) is 7.11 Å². The number of imidazole rings is 1. The van der Waals surface area contributed by atoms with Crippen molar-refractivity contribution in [3.05, 3.63) is 59.6 Å². The molecule has 1 aromatic carbocycles. The normalized spacial score (nSPS) is 10.8. The number of methoxy groups -OCH3 is 1. The Kier molecular flexibility index (Phi) is 3.44. The van der Waals surface area contributed by atoms with Crippen LogP contribution in [0.5, 0.6) is 5.75 Å². The molecule has 0 aliphatic carbocycles. The summed E-state index contributed by atoms with van der Waals surface area (Å²) in [5.74, 6) is 2.40. The largest absolute Gasteiger partial charge is 0.497 e. The van der Waals surface area contributed by atoms with Gasteiger partial charge in [-0.1, -0.05) is 0 Å². The zero-order valence-electron chi connectivity index (χ0n) is 12.4. The predicted octanol–water partition coefficient (Wildman–Crippen LogP) is 4.21. The Morgan fingerprint density at radius 2 is 2.04 bits per heavy atom. The van der Waals surface area contributed by atoms with Crippen LogP contribution in [0.1, 0.15) is 0 Å². The molecular weight excluding hydrogens is 308 g/mol. The van der Waals surface area contributed by atoms with Crippen LogP contribution in [0.4, 0.5) is 11.5 Å². The second kappa shape index (κ2) is 5.73. The zero-order chi connectivity index (χ0) is 15.6. The predicted molar refractivity (Wildman–Crippen MR) is 92.6 cm³/mol. The van der Waals surface area contributed by atoms with Crippen molar-refractivity contribution in [2.75, 3.05) is 12.4 Å². The zero-order valence-corrected chi connectivity index (χ0v) is 13.2. The molecule has 0 amide bonds. The van der Waals surface area contributed by atoms with Gasteiger partial charge >= 0.3 is 0 Å². The number of fused-ring (bicyclic) bond motifs is 1. The van der Waals surface area contributed by atoms with E-state index in [9.17, 15) is 0 Å². The first kappa shape index (κ1) is 13.8. The fraction of sp³-hybridized carbons (Fsp3) is 0.0588. The smallest absolute Gasteiger partial charge is 0.235 e. The highest BCUT2D eigenvalue weighted by molar-refractivity contribution is 7.08. The highest BCUT2D eigenvalue weighted by Crippen LogP contribution is 2.32. The van der Waals surface area contributed by atoms with Crippen LogP contribution in [0, 0.1) is 0 Å². The van der Waals surface area contributed by atoms with Gasteiger partial charge in [0.2, 0.25) is 5.78 Å². The van der Waals surface area contributed by atoms with Crippen LogP contribution in [0.3, 0.4) is 0 Å². The number of ether oxygens (including phenoxy) is 1. The number of rotatable bonds is 4. The summed E-state index contributed by atoms with van der Waals surface area (Å²) in [6, 6.07) is 11.8. The Hall–Kier alpha value is -2.86. The van der Waals surface area contributed by atoms with E-state index in [1.807, 2.05) is 46.3 Å². The van der Waals surface area contributed by atoms with Crippen molar-refractivity contribution in [2.24, 2.45) is 0 Å². The third-order valence-electron chi connectivity index (χ3n) is 3.55. The van der Waals surface area contributed by atoms with Crippen molar-refractivity contribution < 1.29 is 4.74 Å². The van der Waals surface area contributed by atoms with Crippen LogP contribution < -0.4 is 10.1 Å². The second-order valence-electron chi connectivity index (χ2n) is 4.96. The molecule has 5 nitrogen and oxygen atoms in total. The molecule has 0 fully saturated rings. The Balaban J connectivity index is 1.82. The average molecular weight is 322 g/mol. The molecule has 4 aromatic rings. The van der Waals surface area contributed by atoms with E-state index in [0.29, 0.717) is 5.78 Å². The van der Waals surface area contributed by atoms with Crippen molar-refractivity contribution in [3.8, 4) is 17.0 Å². The van der Waals surface area contributed by atoms with Crippen molar-refractivity contribution in [1.29, 1.82) is 0 Å².